The van der Waals surface area contributed by atoms with Gasteiger partial charge in [0, 0.05) is 35.8 Å². The average molecular weight is 397 g/mol. The van der Waals surface area contributed by atoms with Crippen LogP contribution in [-0.2, 0) is 4.74 Å². The molecule has 5 nitrogen and oxygen atoms in total. The third kappa shape index (κ3) is 2.70. The minimum atomic E-state index is -0.0435. The van der Waals surface area contributed by atoms with Crippen LogP contribution in [0.15, 0.2) is 80.4 Å². The number of benzene rings is 3. The first kappa shape index (κ1) is 17.3. The fourth-order valence-electron chi connectivity index (χ4n) is 4.28. The summed E-state index contributed by atoms with van der Waals surface area (Å²) in [6.45, 7) is 3.15. The molecular formula is C25H19NO4. The van der Waals surface area contributed by atoms with Gasteiger partial charge in [-0.3, -0.25) is 4.79 Å². The fraction of sp³-hybridized carbons (Fsp3) is 0.160. The van der Waals surface area contributed by atoms with Crippen molar-refractivity contribution in [3.8, 4) is 11.3 Å². The first-order valence-corrected chi connectivity index (χ1v) is 10.1. The van der Waals surface area contributed by atoms with E-state index in [2.05, 4.69) is 17.0 Å². The molecule has 1 fully saturated rings. The average Bonchev–Trinajstić information content (AvgIpc) is 3.17. The zero-order valence-electron chi connectivity index (χ0n) is 16.3. The number of para-hydroxylation sites is 1. The molecule has 3 heterocycles. The zero-order valence-corrected chi connectivity index (χ0v) is 16.3. The number of morpholine rings is 1. The van der Waals surface area contributed by atoms with E-state index in [0.717, 1.165) is 59.5 Å². The molecule has 5 aromatic rings. The molecule has 2 aromatic heterocycles. The van der Waals surface area contributed by atoms with Crippen LogP contribution in [0.5, 0.6) is 0 Å². The Morgan fingerprint density at radius 1 is 0.733 bits per heavy atom. The van der Waals surface area contributed by atoms with Gasteiger partial charge >= 0.3 is 0 Å². The lowest BCUT2D eigenvalue weighted by Gasteiger charge is -2.29. The summed E-state index contributed by atoms with van der Waals surface area (Å²) in [6.07, 6.45) is 0. The number of hydrogen-bond acceptors (Lipinski definition) is 5. The summed E-state index contributed by atoms with van der Waals surface area (Å²) < 4.78 is 17.7. The molecule has 3 aromatic carbocycles. The van der Waals surface area contributed by atoms with Gasteiger partial charge in [0.15, 0.2) is 5.43 Å². The predicted molar refractivity (Wildman–Crippen MR) is 118 cm³/mol. The van der Waals surface area contributed by atoms with Gasteiger partial charge in [0.1, 0.15) is 22.5 Å². The number of furan rings is 1. The number of fused-ring (bicyclic) bond motifs is 4. The molecule has 0 N–H and O–H groups in total. The second-order valence-corrected chi connectivity index (χ2v) is 7.53. The molecule has 0 unspecified atom stereocenters. The molecule has 0 spiro atoms. The first-order valence-electron chi connectivity index (χ1n) is 10.1. The molecule has 1 aliphatic rings. The largest absolute Gasteiger partial charge is 0.456 e. The van der Waals surface area contributed by atoms with E-state index in [1.54, 1.807) is 12.1 Å². The van der Waals surface area contributed by atoms with Gasteiger partial charge < -0.3 is 18.5 Å². The van der Waals surface area contributed by atoms with Crippen LogP contribution in [0.25, 0.3) is 44.2 Å². The summed E-state index contributed by atoms with van der Waals surface area (Å²) in [4.78, 5) is 14.9. The zero-order chi connectivity index (χ0) is 20.1. The third-order valence-corrected chi connectivity index (χ3v) is 5.74. The molecule has 1 aliphatic heterocycles. The fourth-order valence-corrected chi connectivity index (χ4v) is 4.28. The third-order valence-electron chi connectivity index (χ3n) is 5.74. The highest BCUT2D eigenvalue weighted by Gasteiger charge is 2.18. The van der Waals surface area contributed by atoms with Crippen LogP contribution < -0.4 is 10.3 Å². The maximum Gasteiger partial charge on any atom is 0.193 e. The topological polar surface area (TPSA) is 55.8 Å². The predicted octanol–water partition coefficient (Wildman–Crippen LogP) is 5.20. The molecule has 5 heteroatoms. The van der Waals surface area contributed by atoms with Crippen LogP contribution in [0.1, 0.15) is 0 Å². The molecular weight excluding hydrogens is 378 g/mol. The Morgan fingerprint density at radius 2 is 1.53 bits per heavy atom. The molecule has 30 heavy (non-hydrogen) atoms. The number of rotatable bonds is 2. The van der Waals surface area contributed by atoms with Gasteiger partial charge in [-0.2, -0.15) is 0 Å². The van der Waals surface area contributed by atoms with Gasteiger partial charge in [-0.25, -0.2) is 0 Å². The van der Waals surface area contributed by atoms with E-state index in [9.17, 15) is 4.79 Å². The second kappa shape index (κ2) is 6.75. The van der Waals surface area contributed by atoms with E-state index in [1.165, 1.54) is 0 Å². The van der Waals surface area contributed by atoms with E-state index in [1.807, 2.05) is 42.5 Å². The minimum Gasteiger partial charge on any atom is -0.456 e. The van der Waals surface area contributed by atoms with E-state index in [4.69, 9.17) is 13.6 Å². The summed E-state index contributed by atoms with van der Waals surface area (Å²) in [5.41, 5.74) is 4.21. The van der Waals surface area contributed by atoms with Crippen LogP contribution in [0.3, 0.4) is 0 Å². The summed E-state index contributed by atoms with van der Waals surface area (Å²) in [6, 6.07) is 21.0. The normalized spacial score (nSPS) is 14.7. The second-order valence-electron chi connectivity index (χ2n) is 7.53. The Labute approximate surface area is 172 Å². The maximum atomic E-state index is 12.6. The first-order chi connectivity index (χ1) is 14.8. The molecule has 0 saturated carbocycles. The van der Waals surface area contributed by atoms with E-state index in [0.29, 0.717) is 16.7 Å². The van der Waals surface area contributed by atoms with Crippen molar-refractivity contribution < 1.29 is 13.6 Å². The molecule has 148 valence electrons. The van der Waals surface area contributed by atoms with Gasteiger partial charge in [-0.1, -0.05) is 18.2 Å². The smallest absolute Gasteiger partial charge is 0.193 e. The van der Waals surface area contributed by atoms with E-state index in [-0.39, 0.29) is 5.43 Å². The van der Waals surface area contributed by atoms with Crippen LogP contribution in [-0.4, -0.2) is 26.3 Å². The Morgan fingerprint density at radius 3 is 2.43 bits per heavy atom. The SMILES string of the molecule is O=c1cc(-c2ccc3oc4cccc(N5CCOCC5)c4c3c2)oc2ccccc12. The quantitative estimate of drug-likeness (QED) is 0.410. The van der Waals surface area contributed by atoms with Crippen molar-refractivity contribution in [1.29, 1.82) is 0 Å². The maximum absolute atomic E-state index is 12.6. The Bertz CT molecular complexity index is 1460. The van der Waals surface area contributed by atoms with Crippen LogP contribution in [0.2, 0.25) is 0 Å². The summed E-state index contributed by atoms with van der Waals surface area (Å²) in [5, 5.41) is 2.69. The van der Waals surface area contributed by atoms with Gasteiger partial charge in [0.2, 0.25) is 0 Å². The lowest BCUT2D eigenvalue weighted by Crippen LogP contribution is -2.36. The highest BCUT2D eigenvalue weighted by molar-refractivity contribution is 6.12. The van der Waals surface area contributed by atoms with Crippen molar-refractivity contribution in [3.63, 3.8) is 0 Å². The van der Waals surface area contributed by atoms with Crippen molar-refractivity contribution in [2.75, 3.05) is 31.2 Å². The van der Waals surface area contributed by atoms with Gasteiger partial charge in [0.05, 0.1) is 24.0 Å². The molecule has 6 rings (SSSR count). The van der Waals surface area contributed by atoms with Gasteiger partial charge in [-0.05, 0) is 42.5 Å². The number of hydrogen-bond donors (Lipinski definition) is 0. The molecule has 0 aliphatic carbocycles. The Kier molecular flexibility index (Phi) is 3.89. The summed E-state index contributed by atoms with van der Waals surface area (Å²) >= 11 is 0. The van der Waals surface area contributed by atoms with E-state index >= 15 is 0 Å². The molecule has 0 bridgehead atoms. The summed E-state index contributed by atoms with van der Waals surface area (Å²) in [7, 11) is 0. The van der Waals surface area contributed by atoms with Crippen molar-refractivity contribution in [1.82, 2.24) is 0 Å². The highest BCUT2D eigenvalue weighted by Crippen LogP contribution is 2.38. The van der Waals surface area contributed by atoms with E-state index < -0.39 is 0 Å². The number of ether oxygens (including phenoxy) is 1. The van der Waals surface area contributed by atoms with Crippen molar-refractivity contribution >= 4 is 38.6 Å². The molecule has 0 amide bonds. The van der Waals surface area contributed by atoms with Gasteiger partial charge in [-0.15, -0.1) is 0 Å². The Balaban J connectivity index is 1.57. The summed E-state index contributed by atoms with van der Waals surface area (Å²) in [5.74, 6) is 0.554. The molecule has 0 radical (unpaired) electrons. The van der Waals surface area contributed by atoms with Crippen LogP contribution in [0, 0.1) is 0 Å². The van der Waals surface area contributed by atoms with Crippen molar-refractivity contribution in [3.05, 3.63) is 77.0 Å². The molecule has 1 saturated heterocycles. The van der Waals surface area contributed by atoms with Gasteiger partial charge in [0.25, 0.3) is 0 Å². The monoisotopic (exact) mass is 397 g/mol. The van der Waals surface area contributed by atoms with Crippen molar-refractivity contribution in [2.45, 2.75) is 0 Å². The van der Waals surface area contributed by atoms with Crippen LogP contribution >= 0.6 is 0 Å². The number of anilines is 1. The lowest BCUT2D eigenvalue weighted by molar-refractivity contribution is 0.123. The highest BCUT2D eigenvalue weighted by atomic mass is 16.5. The molecule has 0 atom stereocenters. The van der Waals surface area contributed by atoms with Crippen LogP contribution in [0.4, 0.5) is 5.69 Å². The Hall–Kier alpha value is -3.57. The minimum absolute atomic E-state index is 0.0435. The lowest BCUT2D eigenvalue weighted by atomic mass is 10.0. The van der Waals surface area contributed by atoms with Crippen molar-refractivity contribution in [2.24, 2.45) is 0 Å². The number of nitrogens with zero attached hydrogens (tertiary/aromatic N) is 1. The standard InChI is InChI=1S/C25H19NO4/c27-20-15-24(30-21-6-2-1-4-17(20)21)16-8-9-22-18(14-16)25-19(5-3-7-23(25)29-22)26-10-12-28-13-11-26/h1-9,14-15H,10-13H2.